The Labute approximate surface area is 124 Å². The fourth-order valence-corrected chi connectivity index (χ4v) is 3.68. The van der Waals surface area contributed by atoms with Crippen LogP contribution in [-0.2, 0) is 0 Å². The molecule has 1 atom stereocenters. The number of halogens is 1. The summed E-state index contributed by atoms with van der Waals surface area (Å²) in [4.78, 5) is 9.03. The summed E-state index contributed by atoms with van der Waals surface area (Å²) in [6.45, 7) is 4.10. The normalized spacial score (nSPS) is 12.8. The maximum absolute atomic E-state index is 5.97. The molecule has 1 aromatic carbocycles. The highest BCUT2D eigenvalue weighted by molar-refractivity contribution is 7.22. The molecule has 0 aliphatic carbocycles. The van der Waals surface area contributed by atoms with Crippen LogP contribution in [0.3, 0.4) is 0 Å². The molecule has 0 saturated heterocycles. The third-order valence-electron chi connectivity index (χ3n) is 2.70. The number of aryl methyl sites for hydroxylation is 1. The molecule has 98 valence electrons. The minimum Gasteiger partial charge on any atom is -0.353 e. The first-order chi connectivity index (χ1) is 9.11. The molecule has 0 amide bonds. The third-order valence-corrected chi connectivity index (χ3v) is 5.04. The van der Waals surface area contributed by atoms with Crippen molar-refractivity contribution >= 4 is 49.6 Å². The van der Waals surface area contributed by atoms with E-state index in [-0.39, 0.29) is 6.04 Å². The van der Waals surface area contributed by atoms with Crippen LogP contribution >= 0.6 is 34.3 Å². The number of nitrogens with one attached hydrogen (secondary N) is 1. The topological polar surface area (TPSA) is 37.8 Å². The predicted molar refractivity (Wildman–Crippen MR) is 83.5 cm³/mol. The van der Waals surface area contributed by atoms with Crippen molar-refractivity contribution in [2.24, 2.45) is 0 Å². The van der Waals surface area contributed by atoms with Crippen molar-refractivity contribution < 1.29 is 0 Å². The van der Waals surface area contributed by atoms with E-state index in [4.69, 9.17) is 11.6 Å². The van der Waals surface area contributed by atoms with Crippen LogP contribution in [0.2, 0.25) is 5.02 Å². The van der Waals surface area contributed by atoms with Gasteiger partial charge in [-0.2, -0.15) is 0 Å². The predicted octanol–water partition coefficient (Wildman–Crippen LogP) is 4.89. The van der Waals surface area contributed by atoms with Gasteiger partial charge in [-0.25, -0.2) is 9.97 Å². The number of nitrogens with zero attached hydrogens (tertiary/aromatic N) is 2. The molecule has 3 rings (SSSR count). The molecule has 0 aliphatic heterocycles. The Morgan fingerprint density at radius 1 is 1.32 bits per heavy atom. The van der Waals surface area contributed by atoms with E-state index in [0.717, 1.165) is 26.0 Å². The zero-order chi connectivity index (χ0) is 13.4. The minimum atomic E-state index is 0.162. The van der Waals surface area contributed by atoms with E-state index < -0.39 is 0 Å². The first kappa shape index (κ1) is 12.8. The van der Waals surface area contributed by atoms with Gasteiger partial charge in [0, 0.05) is 16.1 Å². The lowest BCUT2D eigenvalue weighted by Gasteiger charge is -2.08. The highest BCUT2D eigenvalue weighted by Gasteiger charge is 2.12. The summed E-state index contributed by atoms with van der Waals surface area (Å²) in [6.07, 6.45) is 0. The Kier molecular flexibility index (Phi) is 3.43. The van der Waals surface area contributed by atoms with Gasteiger partial charge in [0.2, 0.25) is 0 Å². The third kappa shape index (κ3) is 2.73. The fraction of sp³-hybridized carbons (Fsp3) is 0.231. The molecule has 2 heterocycles. The molecular weight excluding hydrogens is 298 g/mol. The maximum atomic E-state index is 5.97. The zero-order valence-corrected chi connectivity index (χ0v) is 12.9. The molecule has 0 spiro atoms. The molecule has 3 nitrogen and oxygen atoms in total. The van der Waals surface area contributed by atoms with E-state index in [1.165, 1.54) is 0 Å². The van der Waals surface area contributed by atoms with Gasteiger partial charge in [-0.05, 0) is 32.0 Å². The van der Waals surface area contributed by atoms with Gasteiger partial charge in [-0.3, -0.25) is 0 Å². The van der Waals surface area contributed by atoms with Gasteiger partial charge < -0.3 is 5.32 Å². The van der Waals surface area contributed by atoms with E-state index in [1.807, 2.05) is 25.1 Å². The van der Waals surface area contributed by atoms with Gasteiger partial charge in [0.05, 0.1) is 16.3 Å². The van der Waals surface area contributed by atoms with E-state index >= 15 is 0 Å². The summed E-state index contributed by atoms with van der Waals surface area (Å²) < 4.78 is 1.13. The van der Waals surface area contributed by atoms with Crippen molar-refractivity contribution in [2.45, 2.75) is 19.9 Å². The average molecular weight is 310 g/mol. The van der Waals surface area contributed by atoms with Crippen LogP contribution in [0.25, 0.3) is 10.2 Å². The molecule has 0 aliphatic rings. The van der Waals surface area contributed by atoms with Crippen molar-refractivity contribution in [3.63, 3.8) is 0 Å². The summed E-state index contributed by atoms with van der Waals surface area (Å²) in [6, 6.07) is 5.93. The van der Waals surface area contributed by atoms with Crippen LogP contribution in [0, 0.1) is 6.92 Å². The number of hydrogen-bond acceptors (Lipinski definition) is 5. The molecule has 1 N–H and O–H groups in total. The molecule has 1 unspecified atom stereocenters. The van der Waals surface area contributed by atoms with Crippen LogP contribution < -0.4 is 5.32 Å². The number of thiazole rings is 2. The Morgan fingerprint density at radius 3 is 2.89 bits per heavy atom. The number of benzene rings is 1. The first-order valence-electron chi connectivity index (χ1n) is 5.86. The molecule has 0 radical (unpaired) electrons. The highest BCUT2D eigenvalue weighted by atomic mass is 35.5. The van der Waals surface area contributed by atoms with Crippen molar-refractivity contribution in [3.8, 4) is 0 Å². The smallest absolute Gasteiger partial charge is 0.184 e. The van der Waals surface area contributed by atoms with E-state index in [9.17, 15) is 0 Å². The molecule has 19 heavy (non-hydrogen) atoms. The second kappa shape index (κ2) is 5.07. The highest BCUT2D eigenvalue weighted by Crippen LogP contribution is 2.30. The van der Waals surface area contributed by atoms with Gasteiger partial charge >= 0.3 is 0 Å². The first-order valence-corrected chi connectivity index (χ1v) is 7.94. The number of fused-ring (bicyclic) bond motifs is 1. The van der Waals surface area contributed by atoms with Gasteiger partial charge in [0.15, 0.2) is 5.13 Å². The summed E-state index contributed by atoms with van der Waals surface area (Å²) in [7, 11) is 0. The number of anilines is 1. The zero-order valence-electron chi connectivity index (χ0n) is 10.5. The minimum absolute atomic E-state index is 0.162. The van der Waals surface area contributed by atoms with Gasteiger partial charge in [0.1, 0.15) is 5.01 Å². The van der Waals surface area contributed by atoms with Crippen LogP contribution in [-0.4, -0.2) is 9.97 Å². The Balaban J connectivity index is 1.85. The summed E-state index contributed by atoms with van der Waals surface area (Å²) >= 11 is 9.27. The van der Waals surface area contributed by atoms with Gasteiger partial charge in [0.25, 0.3) is 0 Å². The quantitative estimate of drug-likeness (QED) is 0.748. The lowest BCUT2D eigenvalue weighted by molar-refractivity contribution is 0.862. The number of aromatic nitrogens is 2. The van der Waals surface area contributed by atoms with Crippen molar-refractivity contribution in [3.05, 3.63) is 39.3 Å². The van der Waals surface area contributed by atoms with Crippen LogP contribution in [0.15, 0.2) is 23.6 Å². The molecule has 0 fully saturated rings. The average Bonchev–Trinajstić information content (AvgIpc) is 2.94. The van der Waals surface area contributed by atoms with Crippen LogP contribution in [0.4, 0.5) is 5.13 Å². The molecule has 6 heteroatoms. The molecular formula is C13H12ClN3S2. The van der Waals surface area contributed by atoms with E-state index in [1.54, 1.807) is 22.7 Å². The molecule has 3 aromatic rings. The maximum Gasteiger partial charge on any atom is 0.184 e. The van der Waals surface area contributed by atoms with Gasteiger partial charge in [-0.15, -0.1) is 11.3 Å². The Morgan fingerprint density at radius 2 is 2.16 bits per heavy atom. The second-order valence-corrected chi connectivity index (χ2v) is 6.68. The standard InChI is InChI=1S/C13H12ClN3S2/c1-7-6-18-12(15-7)8(2)16-13-17-10-5-9(14)3-4-11(10)19-13/h3-6,8H,1-2H3,(H,16,17). The summed E-state index contributed by atoms with van der Waals surface area (Å²) in [5.41, 5.74) is 1.99. The summed E-state index contributed by atoms with van der Waals surface area (Å²) in [5.74, 6) is 0. The second-order valence-electron chi connectivity index (χ2n) is 4.32. The van der Waals surface area contributed by atoms with Crippen molar-refractivity contribution in [1.29, 1.82) is 0 Å². The van der Waals surface area contributed by atoms with Crippen molar-refractivity contribution in [1.82, 2.24) is 9.97 Å². The lowest BCUT2D eigenvalue weighted by Crippen LogP contribution is -2.05. The molecule has 0 bridgehead atoms. The number of hydrogen-bond donors (Lipinski definition) is 1. The van der Waals surface area contributed by atoms with E-state index in [2.05, 4.69) is 27.6 Å². The SMILES string of the molecule is Cc1csc(C(C)Nc2nc3cc(Cl)ccc3s2)n1. The fourth-order valence-electron chi connectivity index (χ4n) is 1.78. The Bertz CT molecular complexity index is 720. The molecule has 2 aromatic heterocycles. The van der Waals surface area contributed by atoms with Crippen LogP contribution in [0.1, 0.15) is 23.7 Å². The Hall–Kier alpha value is -1.17. The number of rotatable bonds is 3. The largest absolute Gasteiger partial charge is 0.353 e. The monoisotopic (exact) mass is 309 g/mol. The van der Waals surface area contributed by atoms with Crippen molar-refractivity contribution in [2.75, 3.05) is 5.32 Å². The van der Waals surface area contributed by atoms with E-state index in [0.29, 0.717) is 5.02 Å². The lowest BCUT2D eigenvalue weighted by atomic mass is 10.3. The van der Waals surface area contributed by atoms with Gasteiger partial charge in [-0.1, -0.05) is 22.9 Å². The molecule has 0 saturated carbocycles. The summed E-state index contributed by atoms with van der Waals surface area (Å²) in [5, 5.41) is 8.15. The van der Waals surface area contributed by atoms with Crippen LogP contribution in [0.5, 0.6) is 0 Å².